The summed E-state index contributed by atoms with van der Waals surface area (Å²) in [6.07, 6.45) is 3.04. The van der Waals surface area contributed by atoms with Crippen LogP contribution in [0.25, 0.3) is 0 Å². The Balaban J connectivity index is 2.50. The zero-order chi connectivity index (χ0) is 10.6. The van der Waals surface area contributed by atoms with E-state index in [1.54, 1.807) is 0 Å². The molecule has 0 unspecified atom stereocenters. The van der Waals surface area contributed by atoms with Gasteiger partial charge in [0.2, 0.25) is 0 Å². The second kappa shape index (κ2) is 4.56. The summed E-state index contributed by atoms with van der Waals surface area (Å²) in [6, 6.07) is 4.18. The van der Waals surface area contributed by atoms with E-state index in [9.17, 15) is 0 Å². The molecule has 1 N–H and O–H groups in total. The molecule has 1 rings (SSSR count). The molecule has 0 spiro atoms. The van der Waals surface area contributed by atoms with Crippen molar-refractivity contribution >= 4 is 0 Å². The Hall–Kier alpha value is -0.890. The van der Waals surface area contributed by atoms with Crippen LogP contribution >= 0.6 is 0 Å². The standard InChI is InChI=1S/C12H20N2/c1-5-12(3,4)14-9-11-7-6-10(2)8-13-11/h6-8,14H,5,9H2,1-4H3. The van der Waals surface area contributed by atoms with Gasteiger partial charge in [-0.1, -0.05) is 13.0 Å². The lowest BCUT2D eigenvalue weighted by Gasteiger charge is -2.24. The Morgan fingerprint density at radius 3 is 2.57 bits per heavy atom. The molecule has 0 aliphatic heterocycles. The van der Waals surface area contributed by atoms with Gasteiger partial charge in [0.05, 0.1) is 5.69 Å². The van der Waals surface area contributed by atoms with Crippen LogP contribution < -0.4 is 5.32 Å². The fourth-order valence-electron chi connectivity index (χ4n) is 1.06. The third kappa shape index (κ3) is 3.46. The first-order chi connectivity index (χ1) is 6.53. The van der Waals surface area contributed by atoms with Gasteiger partial charge in [-0.2, -0.15) is 0 Å². The first kappa shape index (κ1) is 11.2. The normalized spacial score (nSPS) is 11.7. The summed E-state index contributed by atoms with van der Waals surface area (Å²) in [5.74, 6) is 0. The lowest BCUT2D eigenvalue weighted by Crippen LogP contribution is -2.37. The Bertz CT molecular complexity index is 275. The van der Waals surface area contributed by atoms with Gasteiger partial charge in [0.15, 0.2) is 0 Å². The maximum atomic E-state index is 4.35. The monoisotopic (exact) mass is 192 g/mol. The average Bonchev–Trinajstić information content (AvgIpc) is 2.17. The van der Waals surface area contributed by atoms with Crippen molar-refractivity contribution in [3.8, 4) is 0 Å². The van der Waals surface area contributed by atoms with Gasteiger partial charge >= 0.3 is 0 Å². The molecule has 0 atom stereocenters. The maximum absolute atomic E-state index is 4.35. The quantitative estimate of drug-likeness (QED) is 0.793. The lowest BCUT2D eigenvalue weighted by molar-refractivity contribution is 0.372. The van der Waals surface area contributed by atoms with Crippen molar-refractivity contribution in [3.63, 3.8) is 0 Å². The van der Waals surface area contributed by atoms with Gasteiger partial charge in [0.25, 0.3) is 0 Å². The van der Waals surface area contributed by atoms with Crippen LogP contribution in [-0.2, 0) is 6.54 Å². The molecular formula is C12H20N2. The van der Waals surface area contributed by atoms with Gasteiger partial charge in [0.1, 0.15) is 0 Å². The fourth-order valence-corrected chi connectivity index (χ4v) is 1.06. The minimum absolute atomic E-state index is 0.201. The van der Waals surface area contributed by atoms with Crippen molar-refractivity contribution in [1.82, 2.24) is 10.3 Å². The SMILES string of the molecule is CCC(C)(C)NCc1ccc(C)cn1. The second-order valence-electron chi connectivity index (χ2n) is 4.42. The number of pyridine rings is 1. The van der Waals surface area contributed by atoms with Gasteiger partial charge in [-0.3, -0.25) is 4.98 Å². The van der Waals surface area contributed by atoms with Gasteiger partial charge in [-0.05, 0) is 38.8 Å². The Kier molecular flexibility index (Phi) is 3.64. The zero-order valence-electron chi connectivity index (χ0n) is 9.59. The van der Waals surface area contributed by atoms with E-state index in [2.05, 4.69) is 50.1 Å². The van der Waals surface area contributed by atoms with Gasteiger partial charge in [0, 0.05) is 18.3 Å². The Morgan fingerprint density at radius 2 is 2.07 bits per heavy atom. The highest BCUT2D eigenvalue weighted by molar-refractivity contribution is 5.12. The number of aryl methyl sites for hydroxylation is 1. The molecule has 1 aromatic heterocycles. The van der Waals surface area contributed by atoms with Crippen LogP contribution in [-0.4, -0.2) is 10.5 Å². The van der Waals surface area contributed by atoms with E-state index in [1.165, 1.54) is 5.56 Å². The summed E-state index contributed by atoms with van der Waals surface area (Å²) >= 11 is 0. The molecule has 0 amide bonds. The van der Waals surface area contributed by atoms with E-state index in [1.807, 2.05) is 6.20 Å². The minimum atomic E-state index is 0.201. The smallest absolute Gasteiger partial charge is 0.0542 e. The van der Waals surface area contributed by atoms with E-state index < -0.39 is 0 Å². The fraction of sp³-hybridized carbons (Fsp3) is 0.583. The molecule has 2 heteroatoms. The molecule has 2 nitrogen and oxygen atoms in total. The average molecular weight is 192 g/mol. The molecule has 1 heterocycles. The number of hydrogen-bond acceptors (Lipinski definition) is 2. The second-order valence-corrected chi connectivity index (χ2v) is 4.42. The highest BCUT2D eigenvalue weighted by Crippen LogP contribution is 2.08. The highest BCUT2D eigenvalue weighted by atomic mass is 15.0. The number of hydrogen-bond donors (Lipinski definition) is 1. The third-order valence-electron chi connectivity index (χ3n) is 2.60. The van der Waals surface area contributed by atoms with Crippen LogP contribution in [0, 0.1) is 6.92 Å². The van der Waals surface area contributed by atoms with Crippen molar-refractivity contribution in [3.05, 3.63) is 29.6 Å². The zero-order valence-corrected chi connectivity index (χ0v) is 9.59. The molecule has 14 heavy (non-hydrogen) atoms. The van der Waals surface area contributed by atoms with E-state index >= 15 is 0 Å². The summed E-state index contributed by atoms with van der Waals surface area (Å²) < 4.78 is 0. The van der Waals surface area contributed by atoms with Gasteiger partial charge < -0.3 is 5.32 Å². The first-order valence-electron chi connectivity index (χ1n) is 5.20. The van der Waals surface area contributed by atoms with Crippen LogP contribution in [0.5, 0.6) is 0 Å². The van der Waals surface area contributed by atoms with Crippen molar-refractivity contribution < 1.29 is 0 Å². The molecule has 0 aromatic carbocycles. The summed E-state index contributed by atoms with van der Waals surface area (Å²) in [7, 11) is 0. The molecule has 0 saturated carbocycles. The Morgan fingerprint density at radius 1 is 1.36 bits per heavy atom. The van der Waals surface area contributed by atoms with E-state index in [0.29, 0.717) is 0 Å². The van der Waals surface area contributed by atoms with Gasteiger partial charge in [-0.15, -0.1) is 0 Å². The van der Waals surface area contributed by atoms with Crippen LogP contribution in [0.4, 0.5) is 0 Å². The molecule has 0 radical (unpaired) electrons. The van der Waals surface area contributed by atoms with E-state index in [-0.39, 0.29) is 5.54 Å². The van der Waals surface area contributed by atoms with E-state index in [4.69, 9.17) is 0 Å². The summed E-state index contributed by atoms with van der Waals surface area (Å²) in [5, 5.41) is 3.48. The highest BCUT2D eigenvalue weighted by Gasteiger charge is 2.13. The topological polar surface area (TPSA) is 24.9 Å². The van der Waals surface area contributed by atoms with Crippen LogP contribution in [0.1, 0.15) is 38.4 Å². The van der Waals surface area contributed by atoms with Crippen molar-refractivity contribution in [2.45, 2.75) is 46.2 Å². The predicted molar refractivity (Wildman–Crippen MR) is 60.2 cm³/mol. The van der Waals surface area contributed by atoms with Gasteiger partial charge in [-0.25, -0.2) is 0 Å². The summed E-state index contributed by atoms with van der Waals surface area (Å²) in [6.45, 7) is 9.51. The molecule has 0 aliphatic carbocycles. The molecule has 0 fully saturated rings. The van der Waals surface area contributed by atoms with Crippen molar-refractivity contribution in [2.24, 2.45) is 0 Å². The van der Waals surface area contributed by atoms with Crippen molar-refractivity contribution in [2.75, 3.05) is 0 Å². The summed E-state index contributed by atoms with van der Waals surface area (Å²) in [5.41, 5.74) is 2.52. The van der Waals surface area contributed by atoms with Crippen LogP contribution in [0.2, 0.25) is 0 Å². The molecule has 0 bridgehead atoms. The number of nitrogens with one attached hydrogen (secondary N) is 1. The number of nitrogens with zero attached hydrogens (tertiary/aromatic N) is 1. The number of rotatable bonds is 4. The molecular weight excluding hydrogens is 172 g/mol. The number of aromatic nitrogens is 1. The Labute approximate surface area is 86.8 Å². The summed E-state index contributed by atoms with van der Waals surface area (Å²) in [4.78, 5) is 4.35. The van der Waals surface area contributed by atoms with Crippen LogP contribution in [0.3, 0.4) is 0 Å². The molecule has 1 aromatic rings. The largest absolute Gasteiger partial charge is 0.306 e. The molecule has 0 aliphatic rings. The third-order valence-corrected chi connectivity index (χ3v) is 2.60. The van der Waals surface area contributed by atoms with E-state index in [0.717, 1.165) is 18.7 Å². The minimum Gasteiger partial charge on any atom is -0.306 e. The lowest BCUT2D eigenvalue weighted by atomic mass is 10.0. The maximum Gasteiger partial charge on any atom is 0.0542 e. The first-order valence-corrected chi connectivity index (χ1v) is 5.20. The molecule has 78 valence electrons. The predicted octanol–water partition coefficient (Wildman–Crippen LogP) is 2.67. The van der Waals surface area contributed by atoms with Crippen molar-refractivity contribution in [1.29, 1.82) is 0 Å². The molecule has 0 saturated heterocycles. The van der Waals surface area contributed by atoms with Crippen LogP contribution in [0.15, 0.2) is 18.3 Å².